The first-order chi connectivity index (χ1) is 14.7. The van der Waals surface area contributed by atoms with Gasteiger partial charge in [0, 0.05) is 28.7 Å². The van der Waals surface area contributed by atoms with Gasteiger partial charge in [0.15, 0.2) is 11.5 Å². The van der Waals surface area contributed by atoms with Crippen molar-refractivity contribution in [2.75, 3.05) is 25.1 Å². The molecule has 6 nitrogen and oxygen atoms in total. The van der Waals surface area contributed by atoms with Crippen LogP contribution in [-0.2, 0) is 4.74 Å². The summed E-state index contributed by atoms with van der Waals surface area (Å²) in [6.07, 6.45) is 1.58. The molecule has 0 fully saturated rings. The predicted molar refractivity (Wildman–Crippen MR) is 116 cm³/mol. The number of esters is 1. The molecule has 5 rings (SSSR count). The van der Waals surface area contributed by atoms with E-state index in [9.17, 15) is 4.79 Å². The third kappa shape index (κ3) is 3.16. The average Bonchev–Trinajstić information content (AvgIpc) is 2.79. The lowest BCUT2D eigenvalue weighted by Gasteiger charge is -2.20. The highest BCUT2D eigenvalue weighted by Crippen LogP contribution is 2.37. The van der Waals surface area contributed by atoms with E-state index in [0.29, 0.717) is 36.0 Å². The topological polar surface area (TPSA) is 69.7 Å². The third-order valence-corrected chi connectivity index (χ3v) is 5.07. The van der Waals surface area contributed by atoms with Crippen LogP contribution in [0.1, 0.15) is 17.3 Å². The van der Waals surface area contributed by atoms with Gasteiger partial charge in [-0.05, 0) is 24.4 Å². The minimum absolute atomic E-state index is 0.290. The monoisotopic (exact) mass is 400 g/mol. The molecule has 0 spiro atoms. The Morgan fingerprint density at radius 3 is 2.73 bits per heavy atom. The van der Waals surface area contributed by atoms with Gasteiger partial charge in [-0.15, -0.1) is 0 Å². The van der Waals surface area contributed by atoms with E-state index in [2.05, 4.69) is 10.3 Å². The van der Waals surface area contributed by atoms with Crippen LogP contribution >= 0.6 is 0 Å². The molecule has 0 atom stereocenters. The zero-order chi connectivity index (χ0) is 20.5. The molecule has 1 N–H and O–H groups in total. The van der Waals surface area contributed by atoms with E-state index in [-0.39, 0.29) is 6.61 Å². The van der Waals surface area contributed by atoms with Crippen LogP contribution in [0, 0.1) is 0 Å². The summed E-state index contributed by atoms with van der Waals surface area (Å²) < 4.78 is 16.6. The molecule has 1 aliphatic rings. The number of fused-ring (bicyclic) bond motifs is 4. The molecule has 4 aromatic rings. The number of carbonyl (C=O) groups excluding carboxylic acids is 1. The zero-order valence-electron chi connectivity index (χ0n) is 16.5. The van der Waals surface area contributed by atoms with Crippen molar-refractivity contribution < 1.29 is 19.0 Å². The number of anilines is 2. The molecule has 0 bridgehead atoms. The minimum atomic E-state index is -0.417. The molecule has 0 amide bonds. The van der Waals surface area contributed by atoms with Gasteiger partial charge in [0.05, 0.1) is 17.8 Å². The number of aromatic nitrogens is 1. The second-order valence-electron chi connectivity index (χ2n) is 6.93. The SMILES string of the molecule is CCOC(=O)c1cnc2c(ccc3ccccc32)c1Nc1ccc2c(c1)OCCO2. The van der Waals surface area contributed by atoms with Crippen LogP contribution < -0.4 is 14.8 Å². The molecular weight excluding hydrogens is 380 g/mol. The Bertz CT molecular complexity index is 1270. The summed E-state index contributed by atoms with van der Waals surface area (Å²) in [5.41, 5.74) is 2.64. The van der Waals surface area contributed by atoms with E-state index >= 15 is 0 Å². The predicted octanol–water partition coefficient (Wildman–Crippen LogP) is 5.08. The molecule has 2 heterocycles. The number of carbonyl (C=O) groups is 1. The summed E-state index contributed by atoms with van der Waals surface area (Å²) in [4.78, 5) is 17.2. The molecule has 30 heavy (non-hydrogen) atoms. The number of benzene rings is 3. The maximum atomic E-state index is 12.6. The molecule has 0 saturated carbocycles. The van der Waals surface area contributed by atoms with Crippen LogP contribution in [0.5, 0.6) is 11.5 Å². The first-order valence-electron chi connectivity index (χ1n) is 9.89. The smallest absolute Gasteiger partial charge is 0.341 e. The molecule has 6 heteroatoms. The van der Waals surface area contributed by atoms with E-state index in [1.165, 1.54) is 0 Å². The lowest BCUT2D eigenvalue weighted by atomic mass is 10.0. The van der Waals surface area contributed by atoms with E-state index in [0.717, 1.165) is 27.4 Å². The van der Waals surface area contributed by atoms with Crippen molar-refractivity contribution >= 4 is 39.0 Å². The second-order valence-corrected chi connectivity index (χ2v) is 6.93. The Hall–Kier alpha value is -3.80. The van der Waals surface area contributed by atoms with Crippen molar-refractivity contribution in [1.82, 2.24) is 4.98 Å². The van der Waals surface area contributed by atoms with Crippen molar-refractivity contribution in [3.63, 3.8) is 0 Å². The molecule has 0 radical (unpaired) electrons. The van der Waals surface area contributed by atoms with E-state index < -0.39 is 5.97 Å². The number of ether oxygens (including phenoxy) is 3. The summed E-state index contributed by atoms with van der Waals surface area (Å²) in [7, 11) is 0. The number of pyridine rings is 1. The largest absolute Gasteiger partial charge is 0.486 e. The number of hydrogen-bond acceptors (Lipinski definition) is 6. The third-order valence-electron chi connectivity index (χ3n) is 5.07. The van der Waals surface area contributed by atoms with Crippen molar-refractivity contribution in [3.8, 4) is 11.5 Å². The van der Waals surface area contributed by atoms with Crippen LogP contribution in [0.15, 0.2) is 60.8 Å². The van der Waals surface area contributed by atoms with Crippen LogP contribution in [0.2, 0.25) is 0 Å². The van der Waals surface area contributed by atoms with Gasteiger partial charge in [0.1, 0.15) is 18.8 Å². The Balaban J connectivity index is 1.68. The highest BCUT2D eigenvalue weighted by molar-refractivity contribution is 6.13. The number of nitrogens with one attached hydrogen (secondary N) is 1. The first-order valence-corrected chi connectivity index (χ1v) is 9.89. The first kappa shape index (κ1) is 18.2. The Morgan fingerprint density at radius 1 is 1.03 bits per heavy atom. The van der Waals surface area contributed by atoms with Crippen molar-refractivity contribution in [1.29, 1.82) is 0 Å². The normalized spacial score (nSPS) is 12.7. The highest BCUT2D eigenvalue weighted by Gasteiger charge is 2.19. The van der Waals surface area contributed by atoms with Gasteiger partial charge in [0.25, 0.3) is 0 Å². The average molecular weight is 400 g/mol. The molecule has 0 unspecified atom stereocenters. The molecular formula is C24H20N2O4. The molecule has 1 aromatic heterocycles. The van der Waals surface area contributed by atoms with E-state index in [1.807, 2.05) is 54.6 Å². The molecule has 150 valence electrons. The van der Waals surface area contributed by atoms with E-state index in [4.69, 9.17) is 14.2 Å². The second kappa shape index (κ2) is 7.55. The fourth-order valence-corrected chi connectivity index (χ4v) is 3.70. The van der Waals surface area contributed by atoms with Gasteiger partial charge in [-0.25, -0.2) is 4.79 Å². The van der Waals surface area contributed by atoms with E-state index in [1.54, 1.807) is 13.1 Å². The standard InChI is InChI=1S/C24H20N2O4/c1-2-28-24(27)19-14-25-22-17-6-4-3-5-15(17)7-9-18(22)23(19)26-16-8-10-20-21(13-16)30-12-11-29-20/h3-10,13-14H,2,11-12H2,1H3,(H,25,26). The summed E-state index contributed by atoms with van der Waals surface area (Å²) in [5, 5.41) is 6.35. The van der Waals surface area contributed by atoms with Gasteiger partial charge in [-0.1, -0.05) is 36.4 Å². The summed E-state index contributed by atoms with van der Waals surface area (Å²) in [5.74, 6) is 0.968. The molecule has 0 saturated heterocycles. The van der Waals surface area contributed by atoms with Gasteiger partial charge in [0.2, 0.25) is 0 Å². The maximum absolute atomic E-state index is 12.6. The van der Waals surface area contributed by atoms with Crippen molar-refractivity contribution in [2.24, 2.45) is 0 Å². The van der Waals surface area contributed by atoms with Crippen LogP contribution in [0.3, 0.4) is 0 Å². The van der Waals surface area contributed by atoms with Crippen LogP contribution in [0.25, 0.3) is 21.7 Å². The number of nitrogens with zero attached hydrogens (tertiary/aromatic N) is 1. The minimum Gasteiger partial charge on any atom is -0.486 e. The van der Waals surface area contributed by atoms with Gasteiger partial charge in [-0.3, -0.25) is 4.98 Å². The maximum Gasteiger partial charge on any atom is 0.341 e. The Kier molecular flexibility index (Phi) is 4.59. The summed E-state index contributed by atoms with van der Waals surface area (Å²) in [6.45, 7) is 3.12. The fraction of sp³-hybridized carbons (Fsp3) is 0.167. The molecule has 1 aliphatic heterocycles. The summed E-state index contributed by atoms with van der Waals surface area (Å²) >= 11 is 0. The van der Waals surface area contributed by atoms with Gasteiger partial charge >= 0.3 is 5.97 Å². The zero-order valence-corrected chi connectivity index (χ0v) is 16.5. The quantitative estimate of drug-likeness (QED) is 0.381. The number of hydrogen-bond donors (Lipinski definition) is 1. The fourth-order valence-electron chi connectivity index (χ4n) is 3.70. The van der Waals surface area contributed by atoms with Crippen LogP contribution in [-0.4, -0.2) is 30.8 Å². The van der Waals surface area contributed by atoms with Crippen molar-refractivity contribution in [2.45, 2.75) is 6.92 Å². The highest BCUT2D eigenvalue weighted by atomic mass is 16.6. The summed E-state index contributed by atoms with van der Waals surface area (Å²) in [6, 6.07) is 17.7. The number of rotatable bonds is 4. The van der Waals surface area contributed by atoms with Crippen LogP contribution in [0.4, 0.5) is 11.4 Å². The van der Waals surface area contributed by atoms with Gasteiger partial charge < -0.3 is 19.5 Å². The van der Waals surface area contributed by atoms with Gasteiger partial charge in [-0.2, -0.15) is 0 Å². The Morgan fingerprint density at radius 2 is 1.87 bits per heavy atom. The lowest BCUT2D eigenvalue weighted by Crippen LogP contribution is -2.15. The molecule has 3 aromatic carbocycles. The lowest BCUT2D eigenvalue weighted by molar-refractivity contribution is 0.0527. The molecule has 0 aliphatic carbocycles. The van der Waals surface area contributed by atoms with Crippen molar-refractivity contribution in [3.05, 3.63) is 66.4 Å². The Labute approximate surface area is 173 Å².